The lowest BCUT2D eigenvalue weighted by Crippen LogP contribution is -2.11. The maximum atomic E-state index is 5.13. The summed E-state index contributed by atoms with van der Waals surface area (Å²) in [6, 6.07) is 73.2. The maximum Gasteiger partial charge on any atom is 0.145 e. The molecule has 0 saturated heterocycles. The van der Waals surface area contributed by atoms with Crippen molar-refractivity contribution in [3.05, 3.63) is 206 Å². The van der Waals surface area contributed by atoms with Gasteiger partial charge in [0.25, 0.3) is 0 Å². The van der Waals surface area contributed by atoms with Crippen LogP contribution >= 0.6 is 0 Å². The molecule has 2 aromatic heterocycles. The Balaban J connectivity index is 1.12. The monoisotopic (exact) mass is 678 g/mol. The smallest absolute Gasteiger partial charge is 0.145 e. The van der Waals surface area contributed by atoms with Gasteiger partial charge in [-0.2, -0.15) is 0 Å². The van der Waals surface area contributed by atoms with Crippen LogP contribution in [0.3, 0.4) is 0 Å². The fourth-order valence-electron chi connectivity index (χ4n) is 7.73. The first-order valence-electron chi connectivity index (χ1n) is 18.0. The Bertz CT molecular complexity index is 2810. The molecule has 4 nitrogen and oxygen atoms in total. The summed E-state index contributed by atoms with van der Waals surface area (Å²) < 4.78 is 4.62. The minimum absolute atomic E-state index is 0.913. The Morgan fingerprint density at radius 2 is 0.868 bits per heavy atom. The van der Waals surface area contributed by atoms with Crippen LogP contribution in [0.2, 0.25) is 0 Å². The number of aromatic nitrogens is 3. The average molecular weight is 679 g/mol. The zero-order valence-corrected chi connectivity index (χ0v) is 28.9. The second kappa shape index (κ2) is 12.9. The van der Waals surface area contributed by atoms with Crippen LogP contribution in [0.5, 0.6) is 0 Å². The van der Waals surface area contributed by atoms with Gasteiger partial charge in [-0.3, -0.25) is 4.57 Å². The fourth-order valence-corrected chi connectivity index (χ4v) is 7.73. The number of anilines is 3. The van der Waals surface area contributed by atoms with Gasteiger partial charge >= 0.3 is 0 Å². The highest BCUT2D eigenvalue weighted by Gasteiger charge is 2.20. The topological polar surface area (TPSA) is 26.0 Å². The molecule has 0 N–H and O–H groups in total. The third kappa shape index (κ3) is 5.28. The van der Waals surface area contributed by atoms with E-state index in [1.54, 1.807) is 0 Å². The first-order chi connectivity index (χ1) is 26.3. The van der Waals surface area contributed by atoms with Crippen molar-refractivity contribution in [3.8, 4) is 33.9 Å². The molecule has 4 heteroatoms. The van der Waals surface area contributed by atoms with E-state index in [0.29, 0.717) is 0 Å². The minimum Gasteiger partial charge on any atom is -0.310 e. The van der Waals surface area contributed by atoms with E-state index >= 15 is 0 Å². The molecule has 0 aliphatic rings. The average Bonchev–Trinajstić information content (AvgIpc) is 3.79. The van der Waals surface area contributed by atoms with Gasteiger partial charge in [0.2, 0.25) is 0 Å². The van der Waals surface area contributed by atoms with E-state index in [1.807, 2.05) is 6.07 Å². The second-order valence-electron chi connectivity index (χ2n) is 13.2. The van der Waals surface area contributed by atoms with E-state index in [2.05, 4.69) is 214 Å². The molecule has 0 amide bonds. The molecule has 0 fully saturated rings. The van der Waals surface area contributed by atoms with Crippen molar-refractivity contribution in [3.63, 3.8) is 0 Å². The molecule has 0 spiro atoms. The Labute approximate surface area is 308 Å². The number of benzene rings is 8. The maximum absolute atomic E-state index is 5.13. The number of imidazole rings is 1. The molecule has 0 saturated carbocycles. The van der Waals surface area contributed by atoms with Crippen molar-refractivity contribution in [2.45, 2.75) is 0 Å². The number of fused-ring (bicyclic) bond motifs is 4. The molecule has 250 valence electrons. The Morgan fingerprint density at radius 3 is 1.55 bits per heavy atom. The number of para-hydroxylation sites is 6. The molecule has 2 heterocycles. The third-order valence-electron chi connectivity index (χ3n) is 10.1. The minimum atomic E-state index is 0.913. The van der Waals surface area contributed by atoms with E-state index < -0.39 is 0 Å². The Hall–Kier alpha value is -7.17. The third-order valence-corrected chi connectivity index (χ3v) is 10.1. The summed E-state index contributed by atoms with van der Waals surface area (Å²) >= 11 is 0. The van der Waals surface area contributed by atoms with Crippen LogP contribution < -0.4 is 4.90 Å². The number of hydrogen-bond donors (Lipinski definition) is 0. The van der Waals surface area contributed by atoms with Crippen molar-refractivity contribution in [1.29, 1.82) is 0 Å². The Morgan fingerprint density at radius 1 is 0.358 bits per heavy atom. The highest BCUT2D eigenvalue weighted by Crippen LogP contribution is 2.42. The second-order valence-corrected chi connectivity index (χ2v) is 13.2. The number of nitrogens with zero attached hydrogens (tertiary/aromatic N) is 4. The molecule has 0 radical (unpaired) electrons. The van der Waals surface area contributed by atoms with E-state index in [0.717, 1.165) is 56.4 Å². The highest BCUT2D eigenvalue weighted by atomic mass is 15.1. The van der Waals surface area contributed by atoms with Crippen LogP contribution in [-0.2, 0) is 0 Å². The van der Waals surface area contributed by atoms with Crippen molar-refractivity contribution >= 4 is 49.9 Å². The lowest BCUT2D eigenvalue weighted by atomic mass is 10.0. The van der Waals surface area contributed by atoms with Crippen LogP contribution in [-0.4, -0.2) is 14.1 Å². The Kier molecular flexibility index (Phi) is 7.43. The van der Waals surface area contributed by atoms with Gasteiger partial charge in [0, 0.05) is 44.6 Å². The summed E-state index contributed by atoms with van der Waals surface area (Å²) in [6.07, 6.45) is 0. The van der Waals surface area contributed by atoms with Crippen LogP contribution in [0.4, 0.5) is 17.1 Å². The molecule has 0 unspecified atom stereocenters. The molecule has 8 aromatic carbocycles. The lowest BCUT2D eigenvalue weighted by Gasteiger charge is -2.28. The standard InChI is InChI=1S/C49H34N4/c1-3-15-35(16-4-1)41-19-7-11-23-45(41)51(39-31-33-40(34-32-39)52-46-24-12-8-20-42(46)43-21-9-13-25-47(43)52)38-29-27-36(28-30-38)49-50-44-22-10-14-26-48(44)53(49)37-17-5-2-6-18-37/h1-34H. The van der Waals surface area contributed by atoms with Crippen LogP contribution in [0, 0.1) is 0 Å². The van der Waals surface area contributed by atoms with Gasteiger partial charge in [-0.1, -0.05) is 115 Å². The molecule has 0 atom stereocenters. The van der Waals surface area contributed by atoms with E-state index in [-0.39, 0.29) is 0 Å². The van der Waals surface area contributed by atoms with Gasteiger partial charge in [-0.25, -0.2) is 4.98 Å². The lowest BCUT2D eigenvalue weighted by molar-refractivity contribution is 1.10. The van der Waals surface area contributed by atoms with Gasteiger partial charge < -0.3 is 9.47 Å². The van der Waals surface area contributed by atoms with E-state index in [9.17, 15) is 0 Å². The first kappa shape index (κ1) is 30.6. The molecular weight excluding hydrogens is 645 g/mol. The predicted octanol–water partition coefficient (Wildman–Crippen LogP) is 12.9. The van der Waals surface area contributed by atoms with Gasteiger partial charge in [-0.05, 0) is 96.6 Å². The van der Waals surface area contributed by atoms with Crippen LogP contribution in [0.25, 0.3) is 66.7 Å². The molecule has 10 rings (SSSR count). The van der Waals surface area contributed by atoms with Crippen molar-refractivity contribution in [2.24, 2.45) is 0 Å². The van der Waals surface area contributed by atoms with E-state index in [1.165, 1.54) is 27.4 Å². The predicted molar refractivity (Wildman–Crippen MR) is 221 cm³/mol. The van der Waals surface area contributed by atoms with Gasteiger partial charge in [0.1, 0.15) is 5.82 Å². The SMILES string of the molecule is c1ccc(-c2ccccc2N(c2ccc(-c3nc4ccccc4n3-c3ccccc3)cc2)c2ccc(-n3c4ccccc4c4ccccc43)cc2)cc1. The molecule has 10 aromatic rings. The largest absolute Gasteiger partial charge is 0.310 e. The highest BCUT2D eigenvalue weighted by molar-refractivity contribution is 6.09. The van der Waals surface area contributed by atoms with Gasteiger partial charge in [0.05, 0.1) is 27.8 Å². The summed E-state index contributed by atoms with van der Waals surface area (Å²) in [5.74, 6) is 0.913. The molecule has 0 aliphatic heterocycles. The first-order valence-corrected chi connectivity index (χ1v) is 18.0. The summed E-state index contributed by atoms with van der Waals surface area (Å²) in [6.45, 7) is 0. The fraction of sp³-hybridized carbons (Fsp3) is 0. The number of rotatable bonds is 7. The quantitative estimate of drug-likeness (QED) is 0.168. The van der Waals surface area contributed by atoms with Crippen molar-refractivity contribution in [1.82, 2.24) is 14.1 Å². The zero-order valence-electron chi connectivity index (χ0n) is 28.9. The van der Waals surface area contributed by atoms with Crippen LogP contribution in [0.15, 0.2) is 206 Å². The number of hydrogen-bond acceptors (Lipinski definition) is 2. The summed E-state index contributed by atoms with van der Waals surface area (Å²) in [5, 5.41) is 2.51. The molecule has 0 bridgehead atoms. The van der Waals surface area contributed by atoms with Gasteiger partial charge in [-0.15, -0.1) is 0 Å². The normalized spacial score (nSPS) is 11.4. The summed E-state index contributed by atoms with van der Waals surface area (Å²) in [4.78, 5) is 7.49. The zero-order chi connectivity index (χ0) is 35.1. The van der Waals surface area contributed by atoms with Gasteiger partial charge in [0.15, 0.2) is 0 Å². The molecular formula is C49H34N4. The summed E-state index contributed by atoms with van der Waals surface area (Å²) in [5.41, 5.74) is 13.3. The summed E-state index contributed by atoms with van der Waals surface area (Å²) in [7, 11) is 0. The van der Waals surface area contributed by atoms with E-state index in [4.69, 9.17) is 4.98 Å². The van der Waals surface area contributed by atoms with Crippen molar-refractivity contribution in [2.75, 3.05) is 4.90 Å². The van der Waals surface area contributed by atoms with Crippen molar-refractivity contribution < 1.29 is 0 Å². The van der Waals surface area contributed by atoms with Crippen LogP contribution in [0.1, 0.15) is 0 Å². The molecule has 0 aliphatic carbocycles. The molecule has 53 heavy (non-hydrogen) atoms.